The maximum atomic E-state index is 15.5. The van der Waals surface area contributed by atoms with Gasteiger partial charge in [-0.1, -0.05) is 18.2 Å². The number of esters is 1. The first-order valence-corrected chi connectivity index (χ1v) is 8.83. The number of benzene rings is 1. The van der Waals surface area contributed by atoms with Crippen LogP contribution in [-0.4, -0.2) is 27.2 Å². The van der Waals surface area contributed by atoms with E-state index in [4.69, 9.17) is 4.74 Å². The molecule has 136 valence electrons. The number of rotatable bonds is 6. The Balaban J connectivity index is 3.50. The van der Waals surface area contributed by atoms with Gasteiger partial charge in [0, 0.05) is 5.56 Å². The zero-order valence-electron chi connectivity index (χ0n) is 14.9. The third kappa shape index (κ3) is 4.00. The van der Waals surface area contributed by atoms with Crippen LogP contribution in [0.5, 0.6) is 0 Å². The Kier molecular flexibility index (Phi) is 6.27. The van der Waals surface area contributed by atoms with E-state index in [0.717, 1.165) is 13.0 Å². The average molecular weight is 361 g/mol. The molecule has 0 heterocycles. The zero-order valence-corrected chi connectivity index (χ0v) is 15.7. The van der Waals surface area contributed by atoms with E-state index in [1.807, 2.05) is 0 Å². The van der Waals surface area contributed by atoms with Gasteiger partial charge in [-0.15, -0.1) is 0 Å². The van der Waals surface area contributed by atoms with Crippen LogP contribution in [0, 0.1) is 5.82 Å². The molecule has 1 rings (SSSR count). The molecule has 0 saturated heterocycles. The minimum Gasteiger partial charge on any atom is -0.464 e. The van der Waals surface area contributed by atoms with Crippen LogP contribution in [0.4, 0.5) is 8.78 Å². The largest absolute Gasteiger partial charge is 0.464 e. The van der Waals surface area contributed by atoms with E-state index in [9.17, 15) is 13.4 Å². The Morgan fingerprint density at radius 2 is 1.75 bits per heavy atom. The van der Waals surface area contributed by atoms with Gasteiger partial charge in [-0.2, -0.15) is 0 Å². The maximum Gasteiger partial charge on any atom is 0.345 e. The van der Waals surface area contributed by atoms with E-state index in [0.29, 0.717) is 0 Å². The van der Waals surface area contributed by atoms with Crippen molar-refractivity contribution in [2.24, 2.45) is 0 Å². The molecule has 0 amide bonds. The van der Waals surface area contributed by atoms with Gasteiger partial charge < -0.3 is 4.74 Å². The highest BCUT2D eigenvalue weighted by Crippen LogP contribution is 2.39. The first-order valence-electron chi connectivity index (χ1n) is 7.68. The van der Waals surface area contributed by atoms with Crippen molar-refractivity contribution in [3.63, 3.8) is 0 Å². The van der Waals surface area contributed by atoms with Gasteiger partial charge in [0.15, 0.2) is 0 Å². The van der Waals surface area contributed by atoms with Gasteiger partial charge in [-0.3, -0.25) is 0 Å². The molecule has 0 saturated carbocycles. The second-order valence-corrected chi connectivity index (χ2v) is 8.78. The van der Waals surface area contributed by atoms with Crippen molar-refractivity contribution in [3.05, 3.63) is 35.6 Å². The highest BCUT2D eigenvalue weighted by atomic mass is 32.2. The van der Waals surface area contributed by atoms with Crippen LogP contribution in [0.15, 0.2) is 24.3 Å². The number of halogens is 2. The summed E-state index contributed by atoms with van der Waals surface area (Å²) in [6.07, 6.45) is 0. The van der Waals surface area contributed by atoms with Gasteiger partial charge in [-0.05, 0) is 47.6 Å². The number of carbonyl (C=O) groups excluding carboxylic acids is 1. The summed E-state index contributed by atoms with van der Waals surface area (Å²) in [5, 5.41) is 0. The number of ether oxygens (including phenoxy) is 1. The Hall–Kier alpha value is -1.34. The van der Waals surface area contributed by atoms with Crippen molar-refractivity contribution >= 4 is 17.0 Å². The maximum absolute atomic E-state index is 15.5. The monoisotopic (exact) mass is 361 g/mol. The molecule has 0 aromatic heterocycles. The molecule has 7 heteroatoms. The van der Waals surface area contributed by atoms with Crippen LogP contribution in [-0.2, 0) is 26.1 Å². The molecule has 0 fully saturated rings. The van der Waals surface area contributed by atoms with E-state index < -0.39 is 38.7 Å². The summed E-state index contributed by atoms with van der Waals surface area (Å²) in [5.74, 6) is -1.85. The minimum atomic E-state index is -2.65. The summed E-state index contributed by atoms with van der Waals surface area (Å²) in [6, 6.07) is 5.51. The van der Waals surface area contributed by atoms with Crippen LogP contribution in [0.3, 0.4) is 0 Å². The summed E-state index contributed by atoms with van der Waals surface area (Å²) >= 11 is 0. The van der Waals surface area contributed by atoms with E-state index >= 15 is 4.39 Å². The molecule has 0 bridgehead atoms. The van der Waals surface area contributed by atoms with E-state index in [1.54, 1.807) is 27.7 Å². The van der Waals surface area contributed by atoms with Gasteiger partial charge in [0.1, 0.15) is 11.4 Å². The summed E-state index contributed by atoms with van der Waals surface area (Å²) in [4.78, 5) is 12.2. The lowest BCUT2D eigenvalue weighted by Crippen LogP contribution is -2.61. The second-order valence-electron chi connectivity index (χ2n) is 6.81. The highest BCUT2D eigenvalue weighted by Gasteiger charge is 2.56. The van der Waals surface area contributed by atoms with Crippen molar-refractivity contribution in [2.75, 3.05) is 6.61 Å². The minimum absolute atomic E-state index is 0.0198. The Labute approximate surface area is 144 Å². The standard InChI is InChI=1S/C17H25F2NO3S/c1-7-23-14(21)16(5,19)17(6,20-24(22)15(2,3)4)12-10-8-9-11-13(12)18/h8-11,20H,7H2,1-6H3. The fourth-order valence-electron chi connectivity index (χ4n) is 2.08. The molecule has 1 aromatic carbocycles. The lowest BCUT2D eigenvalue weighted by Gasteiger charge is -2.41. The number of hydrogen-bond donors (Lipinski definition) is 1. The predicted octanol–water partition coefficient (Wildman–Crippen LogP) is 3.38. The Morgan fingerprint density at radius 1 is 1.21 bits per heavy atom. The molecule has 0 aliphatic heterocycles. The van der Waals surface area contributed by atoms with Crippen LogP contribution < -0.4 is 4.72 Å². The first kappa shape index (κ1) is 20.7. The number of nitrogens with one attached hydrogen (secondary N) is 1. The van der Waals surface area contributed by atoms with Crippen molar-refractivity contribution in [1.29, 1.82) is 0 Å². The fraction of sp³-hybridized carbons (Fsp3) is 0.588. The van der Waals surface area contributed by atoms with Crippen LogP contribution in [0.1, 0.15) is 47.1 Å². The smallest absolute Gasteiger partial charge is 0.345 e. The van der Waals surface area contributed by atoms with Gasteiger partial charge in [0.05, 0.1) is 22.3 Å². The molecule has 0 spiro atoms. The highest BCUT2D eigenvalue weighted by molar-refractivity contribution is 7.84. The van der Waals surface area contributed by atoms with E-state index in [1.165, 1.54) is 25.1 Å². The third-order valence-corrected chi connectivity index (χ3v) is 5.57. The third-order valence-electron chi connectivity index (χ3n) is 3.86. The molecule has 3 atom stereocenters. The molecule has 1 N–H and O–H groups in total. The SMILES string of the molecule is CCOC(=O)C(C)(F)C(C)(NS(=O)C(C)(C)C)c1ccccc1F. The van der Waals surface area contributed by atoms with Gasteiger partial charge >= 0.3 is 5.97 Å². The zero-order chi connectivity index (χ0) is 18.8. The van der Waals surface area contributed by atoms with Gasteiger partial charge in [0.25, 0.3) is 0 Å². The van der Waals surface area contributed by atoms with Crippen LogP contribution >= 0.6 is 0 Å². The quantitative estimate of drug-likeness (QED) is 0.790. The van der Waals surface area contributed by atoms with Crippen LogP contribution in [0.25, 0.3) is 0 Å². The van der Waals surface area contributed by atoms with E-state index in [2.05, 4.69) is 4.72 Å². The van der Waals surface area contributed by atoms with Crippen molar-refractivity contribution < 1.29 is 22.5 Å². The van der Waals surface area contributed by atoms with Crippen molar-refractivity contribution in [1.82, 2.24) is 4.72 Å². The van der Waals surface area contributed by atoms with Gasteiger partial charge in [0.2, 0.25) is 5.67 Å². The second kappa shape index (κ2) is 7.27. The predicted molar refractivity (Wildman–Crippen MR) is 90.9 cm³/mol. The number of carbonyl (C=O) groups is 1. The lowest BCUT2D eigenvalue weighted by molar-refractivity contribution is -0.161. The first-order chi connectivity index (χ1) is 10.9. The number of alkyl halides is 1. The Bertz CT molecular complexity index is 629. The summed E-state index contributed by atoms with van der Waals surface area (Å²) in [6.45, 7) is 8.92. The summed E-state index contributed by atoms with van der Waals surface area (Å²) in [7, 11) is -1.75. The molecule has 1 aromatic rings. The molecule has 0 radical (unpaired) electrons. The average Bonchev–Trinajstić information content (AvgIpc) is 2.46. The molecular weight excluding hydrogens is 336 g/mol. The lowest BCUT2D eigenvalue weighted by atomic mass is 9.78. The summed E-state index contributed by atoms with van der Waals surface area (Å²) < 4.78 is 49.1. The molecule has 3 unspecified atom stereocenters. The van der Waals surface area contributed by atoms with Crippen LogP contribution in [0.2, 0.25) is 0 Å². The van der Waals surface area contributed by atoms with Crippen molar-refractivity contribution in [3.8, 4) is 0 Å². The molecular formula is C17H25F2NO3S. The number of hydrogen-bond acceptors (Lipinski definition) is 3. The molecule has 0 aliphatic carbocycles. The normalized spacial score (nSPS) is 18.3. The molecule has 4 nitrogen and oxygen atoms in total. The van der Waals surface area contributed by atoms with Crippen molar-refractivity contribution in [2.45, 2.75) is 57.5 Å². The molecule has 0 aliphatic rings. The van der Waals surface area contributed by atoms with E-state index in [-0.39, 0.29) is 12.2 Å². The summed E-state index contributed by atoms with van der Waals surface area (Å²) in [5.41, 5.74) is -4.63. The Morgan fingerprint density at radius 3 is 2.21 bits per heavy atom. The molecule has 24 heavy (non-hydrogen) atoms. The van der Waals surface area contributed by atoms with Gasteiger partial charge in [-0.25, -0.2) is 22.5 Å². The fourth-order valence-corrected chi connectivity index (χ4v) is 3.06. The topological polar surface area (TPSA) is 55.4 Å².